The van der Waals surface area contributed by atoms with E-state index in [1.807, 2.05) is 32.7 Å². The lowest BCUT2D eigenvalue weighted by Gasteiger charge is -2.35. The number of nitrogens with zero attached hydrogens (tertiary/aromatic N) is 7. The van der Waals surface area contributed by atoms with Gasteiger partial charge >= 0.3 is 12.1 Å². The SMILES string of the molecule is CN(C(=O)c1cnc(N2CCC(NC(=O)OC(C)(C)C)C2)nc1)C1CCN(c2nc(C3CC3)no2)CC1. The lowest BCUT2D eigenvalue weighted by Crippen LogP contribution is -2.45. The molecule has 0 aromatic carbocycles. The third kappa shape index (κ3) is 6.11. The van der Waals surface area contributed by atoms with E-state index in [1.54, 1.807) is 17.3 Å². The third-order valence-corrected chi connectivity index (χ3v) is 7.05. The van der Waals surface area contributed by atoms with Gasteiger partial charge < -0.3 is 29.3 Å². The number of carbonyl (C=O) groups excluding carboxylic acids is 2. The number of hydrogen-bond acceptors (Lipinski definition) is 10. The summed E-state index contributed by atoms with van der Waals surface area (Å²) < 4.78 is 10.8. The maximum atomic E-state index is 13.1. The minimum Gasteiger partial charge on any atom is -0.444 e. The summed E-state index contributed by atoms with van der Waals surface area (Å²) in [6, 6.07) is 0.667. The Balaban J connectivity index is 1.10. The molecule has 3 fully saturated rings. The van der Waals surface area contributed by atoms with Crippen molar-refractivity contribution in [1.29, 1.82) is 0 Å². The molecule has 200 valence electrons. The lowest BCUT2D eigenvalue weighted by molar-refractivity contribution is 0.0508. The first-order valence-corrected chi connectivity index (χ1v) is 13.1. The standard InChI is InChI=1S/C25H36N8O4/c1-25(2,3)36-24(35)28-18-7-10-33(15-18)22-26-13-17(14-27-22)21(34)31(4)19-8-11-32(12-9-19)23-29-20(30-37-23)16-5-6-16/h13-14,16,18-19H,5-12,15H2,1-4H3,(H,28,35). The number of alkyl carbamates (subject to hydrolysis) is 1. The van der Waals surface area contributed by atoms with Gasteiger partial charge in [0, 0.05) is 57.6 Å². The number of anilines is 2. The molecule has 4 heterocycles. The largest absolute Gasteiger partial charge is 0.444 e. The third-order valence-electron chi connectivity index (χ3n) is 7.05. The molecule has 12 nitrogen and oxygen atoms in total. The van der Waals surface area contributed by atoms with E-state index in [1.165, 1.54) is 0 Å². The summed E-state index contributed by atoms with van der Waals surface area (Å²) >= 11 is 0. The van der Waals surface area contributed by atoms with Crippen LogP contribution in [0.2, 0.25) is 0 Å². The first-order chi connectivity index (χ1) is 17.7. The zero-order valence-corrected chi connectivity index (χ0v) is 22.0. The smallest absolute Gasteiger partial charge is 0.407 e. The minimum absolute atomic E-state index is 0.0378. The Morgan fingerprint density at radius 1 is 1.05 bits per heavy atom. The maximum absolute atomic E-state index is 13.1. The number of carbonyl (C=O) groups is 2. The van der Waals surface area contributed by atoms with Crippen molar-refractivity contribution < 1.29 is 18.8 Å². The van der Waals surface area contributed by atoms with Gasteiger partial charge in [-0.05, 0) is 52.9 Å². The molecule has 1 N–H and O–H groups in total. The van der Waals surface area contributed by atoms with Crippen LogP contribution in [0, 0.1) is 0 Å². The van der Waals surface area contributed by atoms with E-state index in [0.29, 0.717) is 36.5 Å². The molecule has 2 saturated heterocycles. The molecule has 2 aromatic heterocycles. The molecule has 3 aliphatic rings. The van der Waals surface area contributed by atoms with Crippen LogP contribution in [-0.4, -0.2) is 87.9 Å². The molecule has 0 radical (unpaired) electrons. The Hall–Kier alpha value is -3.44. The van der Waals surface area contributed by atoms with Crippen molar-refractivity contribution in [1.82, 2.24) is 30.3 Å². The molecule has 1 saturated carbocycles. The fourth-order valence-corrected chi connectivity index (χ4v) is 4.81. The van der Waals surface area contributed by atoms with E-state index in [9.17, 15) is 9.59 Å². The molecule has 2 amide bonds. The van der Waals surface area contributed by atoms with Crippen LogP contribution in [0.3, 0.4) is 0 Å². The van der Waals surface area contributed by atoms with Crippen molar-refractivity contribution in [2.24, 2.45) is 0 Å². The second kappa shape index (κ2) is 10.1. The quantitative estimate of drug-likeness (QED) is 0.616. The number of nitrogens with one attached hydrogen (secondary N) is 1. The second-order valence-electron chi connectivity index (χ2n) is 11.2. The number of ether oxygens (including phenoxy) is 1. The lowest BCUT2D eigenvalue weighted by atomic mass is 10.0. The summed E-state index contributed by atoms with van der Waals surface area (Å²) in [5.41, 5.74) is -0.0755. The topological polar surface area (TPSA) is 130 Å². The van der Waals surface area contributed by atoms with E-state index in [-0.39, 0.29) is 18.0 Å². The molecular weight excluding hydrogens is 476 g/mol. The molecule has 37 heavy (non-hydrogen) atoms. The van der Waals surface area contributed by atoms with Gasteiger partial charge in [0.25, 0.3) is 5.91 Å². The van der Waals surface area contributed by atoms with Gasteiger partial charge in [-0.2, -0.15) is 4.98 Å². The van der Waals surface area contributed by atoms with Crippen LogP contribution in [0.4, 0.5) is 16.8 Å². The summed E-state index contributed by atoms with van der Waals surface area (Å²) in [4.78, 5) is 44.5. The molecule has 1 unspecified atom stereocenters. The number of piperidine rings is 1. The van der Waals surface area contributed by atoms with Gasteiger partial charge in [-0.1, -0.05) is 5.16 Å². The maximum Gasteiger partial charge on any atom is 0.407 e. The summed E-state index contributed by atoms with van der Waals surface area (Å²) in [6.07, 6.45) is 7.45. The number of aromatic nitrogens is 4. The zero-order chi connectivity index (χ0) is 26.2. The highest BCUT2D eigenvalue weighted by Gasteiger charge is 2.32. The van der Waals surface area contributed by atoms with Gasteiger partial charge in [-0.25, -0.2) is 14.8 Å². The molecule has 5 rings (SSSR count). The highest BCUT2D eigenvalue weighted by Crippen LogP contribution is 2.39. The average molecular weight is 513 g/mol. The molecule has 1 aliphatic carbocycles. The van der Waals surface area contributed by atoms with Crippen molar-refractivity contribution >= 4 is 24.0 Å². The molecule has 0 bridgehead atoms. The normalized spacial score (nSPS) is 20.7. The van der Waals surface area contributed by atoms with Gasteiger partial charge in [0.15, 0.2) is 5.82 Å². The monoisotopic (exact) mass is 512 g/mol. The Morgan fingerprint density at radius 2 is 1.73 bits per heavy atom. The Kier molecular flexibility index (Phi) is 6.91. The van der Waals surface area contributed by atoms with Crippen molar-refractivity contribution in [2.45, 2.75) is 76.5 Å². The molecule has 2 aromatic rings. The minimum atomic E-state index is -0.536. The first-order valence-electron chi connectivity index (χ1n) is 13.1. The van der Waals surface area contributed by atoms with Crippen LogP contribution in [-0.2, 0) is 4.74 Å². The van der Waals surface area contributed by atoms with Crippen LogP contribution in [0.25, 0.3) is 0 Å². The van der Waals surface area contributed by atoms with Crippen LogP contribution < -0.4 is 15.1 Å². The highest BCUT2D eigenvalue weighted by molar-refractivity contribution is 5.93. The first kappa shape index (κ1) is 25.2. The summed E-state index contributed by atoms with van der Waals surface area (Å²) in [5, 5.41) is 7.01. The molecule has 0 spiro atoms. The van der Waals surface area contributed by atoms with Gasteiger partial charge in [-0.15, -0.1) is 0 Å². The molecule has 1 atom stereocenters. The highest BCUT2D eigenvalue weighted by atomic mass is 16.6. The van der Waals surface area contributed by atoms with Crippen LogP contribution in [0.15, 0.2) is 16.9 Å². The molecule has 12 heteroatoms. The van der Waals surface area contributed by atoms with E-state index < -0.39 is 11.7 Å². The average Bonchev–Trinajstić information content (AvgIpc) is 3.41. The molecule has 2 aliphatic heterocycles. The van der Waals surface area contributed by atoms with Crippen molar-refractivity contribution in [3.8, 4) is 0 Å². The fourth-order valence-electron chi connectivity index (χ4n) is 4.81. The van der Waals surface area contributed by atoms with Crippen molar-refractivity contribution in [2.75, 3.05) is 43.0 Å². The predicted octanol–water partition coefficient (Wildman–Crippen LogP) is 2.58. The Bertz CT molecular complexity index is 1100. The number of amides is 2. The van der Waals surface area contributed by atoms with E-state index in [2.05, 4.69) is 30.3 Å². The van der Waals surface area contributed by atoms with E-state index in [0.717, 1.165) is 51.0 Å². The van der Waals surface area contributed by atoms with E-state index in [4.69, 9.17) is 9.26 Å². The van der Waals surface area contributed by atoms with Crippen molar-refractivity contribution in [3.63, 3.8) is 0 Å². The summed E-state index contributed by atoms with van der Waals surface area (Å²) in [5.74, 6) is 1.74. The number of rotatable bonds is 6. The van der Waals surface area contributed by atoms with Crippen LogP contribution in [0.5, 0.6) is 0 Å². The fraction of sp³-hybridized carbons (Fsp3) is 0.680. The summed E-state index contributed by atoms with van der Waals surface area (Å²) in [6.45, 7) is 8.34. The summed E-state index contributed by atoms with van der Waals surface area (Å²) in [7, 11) is 1.84. The van der Waals surface area contributed by atoms with E-state index >= 15 is 0 Å². The zero-order valence-electron chi connectivity index (χ0n) is 22.0. The molecular formula is C25H36N8O4. The van der Waals surface area contributed by atoms with Crippen molar-refractivity contribution in [3.05, 3.63) is 23.8 Å². The number of hydrogen-bond donors (Lipinski definition) is 1. The van der Waals surface area contributed by atoms with Crippen LogP contribution in [0.1, 0.15) is 75.0 Å². The van der Waals surface area contributed by atoms with Gasteiger partial charge in [0.1, 0.15) is 5.60 Å². The van der Waals surface area contributed by atoms with Gasteiger partial charge in [-0.3, -0.25) is 4.79 Å². The predicted molar refractivity (Wildman–Crippen MR) is 136 cm³/mol. The van der Waals surface area contributed by atoms with Gasteiger partial charge in [0.2, 0.25) is 5.95 Å². The van der Waals surface area contributed by atoms with Crippen LogP contribution >= 0.6 is 0 Å². The van der Waals surface area contributed by atoms with Gasteiger partial charge in [0.05, 0.1) is 11.6 Å². The Labute approximate surface area is 216 Å². The Morgan fingerprint density at radius 3 is 2.38 bits per heavy atom. The second-order valence-corrected chi connectivity index (χ2v) is 11.2.